The van der Waals surface area contributed by atoms with E-state index in [9.17, 15) is 14.9 Å². The minimum atomic E-state index is -0.766. The first kappa shape index (κ1) is 12.8. The minimum absolute atomic E-state index is 0.0237. The number of anilines is 1. The first-order valence-electron chi connectivity index (χ1n) is 6.15. The molecule has 104 valence electrons. The zero-order chi connectivity index (χ0) is 14.8. The number of benzene rings is 2. The SMILES string of the molecule is O=C(c1ccccc1)N(c1n[nH]c2ccccc12)[N+](=O)[O-]. The predicted octanol–water partition coefficient (Wildman–Crippen LogP) is 2.40. The van der Waals surface area contributed by atoms with Gasteiger partial charge in [0.15, 0.2) is 5.03 Å². The van der Waals surface area contributed by atoms with Gasteiger partial charge in [0.1, 0.15) is 0 Å². The van der Waals surface area contributed by atoms with Crippen molar-refractivity contribution in [2.45, 2.75) is 0 Å². The number of H-pyrrole nitrogens is 1. The van der Waals surface area contributed by atoms with E-state index in [2.05, 4.69) is 10.2 Å². The molecule has 7 heteroatoms. The van der Waals surface area contributed by atoms with Crippen molar-refractivity contribution in [1.82, 2.24) is 10.2 Å². The van der Waals surface area contributed by atoms with Gasteiger partial charge in [0.2, 0.25) is 5.82 Å². The van der Waals surface area contributed by atoms with Gasteiger partial charge in [-0.2, -0.15) is 0 Å². The van der Waals surface area contributed by atoms with Crippen molar-refractivity contribution >= 4 is 22.6 Å². The van der Waals surface area contributed by atoms with E-state index in [-0.39, 0.29) is 11.4 Å². The van der Waals surface area contributed by atoms with E-state index >= 15 is 0 Å². The van der Waals surface area contributed by atoms with Crippen LogP contribution in [0.4, 0.5) is 5.82 Å². The highest BCUT2D eigenvalue weighted by atomic mass is 16.7. The van der Waals surface area contributed by atoms with Crippen LogP contribution in [0.15, 0.2) is 54.6 Å². The van der Waals surface area contributed by atoms with Gasteiger partial charge in [-0.1, -0.05) is 30.3 Å². The maximum atomic E-state index is 12.4. The number of carbonyl (C=O) groups is 1. The fraction of sp³-hybridized carbons (Fsp3) is 0. The van der Waals surface area contributed by atoms with Crippen molar-refractivity contribution in [3.63, 3.8) is 0 Å². The summed E-state index contributed by atoms with van der Waals surface area (Å²) in [5.74, 6) is -0.762. The number of aromatic nitrogens is 2. The zero-order valence-corrected chi connectivity index (χ0v) is 10.8. The van der Waals surface area contributed by atoms with E-state index in [0.717, 1.165) is 0 Å². The summed E-state index contributed by atoms with van der Waals surface area (Å²) >= 11 is 0. The second-order valence-electron chi connectivity index (χ2n) is 4.31. The second kappa shape index (κ2) is 5.04. The van der Waals surface area contributed by atoms with Crippen LogP contribution >= 0.6 is 0 Å². The van der Waals surface area contributed by atoms with Crippen LogP contribution in [0.1, 0.15) is 10.4 Å². The quantitative estimate of drug-likeness (QED) is 0.589. The van der Waals surface area contributed by atoms with Crippen LogP contribution in [0, 0.1) is 10.1 Å². The van der Waals surface area contributed by atoms with Gasteiger partial charge in [0.05, 0.1) is 10.9 Å². The van der Waals surface area contributed by atoms with Crippen molar-refractivity contribution in [3.05, 3.63) is 70.3 Å². The van der Waals surface area contributed by atoms with Crippen molar-refractivity contribution in [2.75, 3.05) is 5.01 Å². The average Bonchev–Trinajstić information content (AvgIpc) is 2.92. The first-order chi connectivity index (χ1) is 10.2. The molecule has 1 N–H and O–H groups in total. The molecule has 7 nitrogen and oxygen atoms in total. The van der Waals surface area contributed by atoms with E-state index in [0.29, 0.717) is 15.9 Å². The number of hydrogen-bond acceptors (Lipinski definition) is 4. The number of nitrogens with one attached hydrogen (secondary N) is 1. The predicted molar refractivity (Wildman–Crippen MR) is 76.3 cm³/mol. The molecule has 1 amide bonds. The third kappa shape index (κ3) is 2.20. The molecule has 0 saturated heterocycles. The summed E-state index contributed by atoms with van der Waals surface area (Å²) < 4.78 is 0. The highest BCUT2D eigenvalue weighted by molar-refractivity contribution is 6.07. The minimum Gasteiger partial charge on any atom is -0.275 e. The Morgan fingerprint density at radius 2 is 1.76 bits per heavy atom. The Hall–Kier alpha value is -3.22. The number of fused-ring (bicyclic) bond motifs is 1. The third-order valence-corrected chi connectivity index (χ3v) is 3.03. The van der Waals surface area contributed by atoms with Gasteiger partial charge in [0, 0.05) is 5.56 Å². The molecule has 0 bridgehead atoms. The number of carbonyl (C=O) groups excluding carboxylic acids is 1. The van der Waals surface area contributed by atoms with Gasteiger partial charge in [-0.25, -0.2) is 10.1 Å². The summed E-state index contributed by atoms with van der Waals surface area (Å²) in [5, 5.41) is 18.1. The summed E-state index contributed by atoms with van der Waals surface area (Å²) in [4.78, 5) is 23.7. The van der Waals surface area contributed by atoms with Crippen LogP contribution in [0.3, 0.4) is 0 Å². The number of hydrazine groups is 1. The van der Waals surface area contributed by atoms with Gasteiger partial charge in [-0.3, -0.25) is 9.89 Å². The highest BCUT2D eigenvalue weighted by Gasteiger charge is 2.31. The first-order valence-corrected chi connectivity index (χ1v) is 6.15. The molecular formula is C14H10N4O3. The lowest BCUT2D eigenvalue weighted by atomic mass is 10.2. The highest BCUT2D eigenvalue weighted by Crippen LogP contribution is 2.25. The molecule has 2 aromatic carbocycles. The lowest BCUT2D eigenvalue weighted by Gasteiger charge is -2.09. The Morgan fingerprint density at radius 3 is 2.48 bits per heavy atom. The van der Waals surface area contributed by atoms with E-state index < -0.39 is 10.9 Å². The van der Waals surface area contributed by atoms with Gasteiger partial charge >= 0.3 is 5.91 Å². The molecule has 0 radical (unpaired) electrons. The summed E-state index contributed by atoms with van der Waals surface area (Å²) in [6, 6.07) is 15.0. The summed E-state index contributed by atoms with van der Waals surface area (Å²) in [6.07, 6.45) is 0. The molecule has 0 aliphatic carbocycles. The van der Waals surface area contributed by atoms with Crippen LogP contribution in [-0.4, -0.2) is 21.1 Å². The molecule has 0 unspecified atom stereocenters. The number of rotatable bonds is 3. The van der Waals surface area contributed by atoms with Crippen molar-refractivity contribution in [1.29, 1.82) is 0 Å². The zero-order valence-electron chi connectivity index (χ0n) is 10.8. The Morgan fingerprint density at radius 1 is 1.10 bits per heavy atom. The summed E-state index contributed by atoms with van der Waals surface area (Å²) in [7, 11) is 0. The van der Waals surface area contributed by atoms with Gasteiger partial charge in [-0.05, 0) is 29.3 Å². The monoisotopic (exact) mass is 282 g/mol. The number of para-hydroxylation sites is 1. The normalized spacial score (nSPS) is 10.5. The Balaban J connectivity index is 2.11. The van der Waals surface area contributed by atoms with Crippen LogP contribution < -0.4 is 5.01 Å². The summed E-state index contributed by atoms with van der Waals surface area (Å²) in [5.41, 5.74) is 0.849. The number of amides is 1. The van der Waals surface area contributed by atoms with Crippen LogP contribution in [0.5, 0.6) is 0 Å². The van der Waals surface area contributed by atoms with E-state index in [1.54, 1.807) is 42.5 Å². The van der Waals surface area contributed by atoms with Gasteiger partial charge in [-0.15, -0.1) is 5.10 Å². The van der Waals surface area contributed by atoms with Crippen molar-refractivity contribution in [3.8, 4) is 0 Å². The largest absolute Gasteiger partial charge is 0.321 e. The molecule has 0 spiro atoms. The van der Waals surface area contributed by atoms with Crippen molar-refractivity contribution in [2.24, 2.45) is 0 Å². The Kier molecular flexibility index (Phi) is 3.07. The molecule has 3 rings (SSSR count). The molecule has 0 aliphatic heterocycles. The van der Waals surface area contributed by atoms with E-state index in [4.69, 9.17) is 0 Å². The smallest absolute Gasteiger partial charge is 0.275 e. The standard InChI is InChI=1S/C14H10N4O3/c19-14(10-6-2-1-3-7-10)17(18(20)21)13-11-8-4-5-9-12(11)15-16-13/h1-9H,(H,15,16). The van der Waals surface area contributed by atoms with Crippen LogP contribution in [0.2, 0.25) is 0 Å². The number of nitrogens with zero attached hydrogens (tertiary/aromatic N) is 3. The van der Waals surface area contributed by atoms with Gasteiger partial charge in [0.25, 0.3) is 0 Å². The maximum absolute atomic E-state index is 12.4. The lowest BCUT2D eigenvalue weighted by molar-refractivity contribution is -0.481. The number of aromatic amines is 1. The Bertz CT molecular complexity index is 813. The lowest BCUT2D eigenvalue weighted by Crippen LogP contribution is -2.36. The average molecular weight is 282 g/mol. The molecule has 3 aromatic rings. The van der Waals surface area contributed by atoms with Crippen molar-refractivity contribution < 1.29 is 9.83 Å². The number of hydrogen-bond donors (Lipinski definition) is 1. The molecule has 1 heterocycles. The molecular weight excluding hydrogens is 272 g/mol. The fourth-order valence-electron chi connectivity index (χ4n) is 2.06. The molecule has 0 fully saturated rings. The molecule has 21 heavy (non-hydrogen) atoms. The fourth-order valence-corrected chi connectivity index (χ4v) is 2.06. The van der Waals surface area contributed by atoms with Crippen LogP contribution in [0.25, 0.3) is 10.9 Å². The summed E-state index contributed by atoms with van der Waals surface area (Å²) in [6.45, 7) is 0. The van der Waals surface area contributed by atoms with Crippen LogP contribution in [-0.2, 0) is 0 Å². The van der Waals surface area contributed by atoms with E-state index in [1.807, 2.05) is 0 Å². The third-order valence-electron chi connectivity index (χ3n) is 3.03. The number of nitro groups is 1. The second-order valence-corrected chi connectivity index (χ2v) is 4.31. The molecule has 0 aliphatic rings. The molecule has 0 saturated carbocycles. The Labute approximate surface area is 118 Å². The maximum Gasteiger partial charge on any atom is 0.321 e. The topological polar surface area (TPSA) is 92.1 Å². The van der Waals surface area contributed by atoms with Gasteiger partial charge < -0.3 is 0 Å². The molecule has 1 aromatic heterocycles. The molecule has 0 atom stereocenters. The van der Waals surface area contributed by atoms with E-state index in [1.165, 1.54) is 12.1 Å².